The summed E-state index contributed by atoms with van der Waals surface area (Å²) in [5.74, 6) is -3.03. The van der Waals surface area contributed by atoms with E-state index in [1.54, 1.807) is 0 Å². The monoisotopic (exact) mass is 391 g/mol. The first kappa shape index (κ1) is 24.1. The largest absolute Gasteiger partial charge is 0.480 e. The van der Waals surface area contributed by atoms with E-state index in [0.29, 0.717) is 25.8 Å². The maximum atomic E-state index is 12.4. The third-order valence-corrected chi connectivity index (χ3v) is 3.91. The number of nitrogens with two attached hydrogens (primary N) is 2. The molecule has 0 aliphatic heterocycles. The minimum absolute atomic E-state index is 0.0894. The van der Waals surface area contributed by atoms with E-state index in [1.165, 1.54) is 13.8 Å². The zero-order chi connectivity index (χ0) is 20.3. The van der Waals surface area contributed by atoms with Gasteiger partial charge >= 0.3 is 5.97 Å². The Morgan fingerprint density at radius 3 is 2.00 bits per heavy atom. The minimum Gasteiger partial charge on any atom is -0.480 e. The minimum atomic E-state index is -1.23. The van der Waals surface area contributed by atoms with Gasteiger partial charge in [-0.05, 0) is 39.7 Å². The number of carbonyl (C=O) groups excluding carboxylic acids is 3. The van der Waals surface area contributed by atoms with Gasteiger partial charge in [-0.2, -0.15) is 12.6 Å². The molecule has 0 rings (SSSR count). The standard InChI is InChI=1S/C15H29N5O5S/c1-8(17)12(21)19-10(5-3-4-6-16)14(23)18-9(2)13(22)20-11(7-26)15(24)25/h8-11,26H,3-7,16-17H2,1-2H3,(H,18,23)(H,19,21)(H,20,22)(H,24,25). The molecule has 0 aliphatic carbocycles. The van der Waals surface area contributed by atoms with Crippen molar-refractivity contribution >= 4 is 36.3 Å². The first-order valence-electron chi connectivity index (χ1n) is 8.34. The van der Waals surface area contributed by atoms with Crippen LogP contribution in [0.5, 0.6) is 0 Å². The Morgan fingerprint density at radius 1 is 0.962 bits per heavy atom. The molecule has 0 saturated heterocycles. The van der Waals surface area contributed by atoms with Gasteiger partial charge in [-0.15, -0.1) is 0 Å². The van der Waals surface area contributed by atoms with E-state index < -0.39 is 47.9 Å². The number of aliphatic carboxylic acids is 1. The molecule has 0 aliphatic rings. The maximum absolute atomic E-state index is 12.4. The molecule has 8 N–H and O–H groups in total. The van der Waals surface area contributed by atoms with Crippen LogP contribution in [0.25, 0.3) is 0 Å². The average molecular weight is 391 g/mol. The highest BCUT2D eigenvalue weighted by Crippen LogP contribution is 2.02. The lowest BCUT2D eigenvalue weighted by Gasteiger charge is -2.22. The first-order valence-corrected chi connectivity index (χ1v) is 8.97. The van der Waals surface area contributed by atoms with Crippen LogP contribution in [0.1, 0.15) is 33.1 Å². The molecular weight excluding hydrogens is 362 g/mol. The molecule has 0 heterocycles. The third-order valence-electron chi connectivity index (χ3n) is 3.54. The SMILES string of the molecule is CC(N)C(=O)NC(CCCCN)C(=O)NC(C)C(=O)NC(CS)C(=O)O. The van der Waals surface area contributed by atoms with Crippen LogP contribution in [0.4, 0.5) is 0 Å². The third kappa shape index (κ3) is 9.02. The first-order chi connectivity index (χ1) is 12.1. The molecule has 3 amide bonds. The number of carboxylic acid groups (broad SMARTS) is 1. The number of unbranched alkanes of at least 4 members (excludes halogenated alkanes) is 1. The van der Waals surface area contributed by atoms with Crippen molar-refractivity contribution < 1.29 is 24.3 Å². The number of carboxylic acids is 1. The highest BCUT2D eigenvalue weighted by molar-refractivity contribution is 7.80. The lowest BCUT2D eigenvalue weighted by atomic mass is 10.1. The zero-order valence-corrected chi connectivity index (χ0v) is 15.9. The van der Waals surface area contributed by atoms with Crippen LogP contribution in [0.2, 0.25) is 0 Å². The molecular formula is C15H29N5O5S. The van der Waals surface area contributed by atoms with E-state index in [2.05, 4.69) is 28.6 Å². The van der Waals surface area contributed by atoms with E-state index in [4.69, 9.17) is 16.6 Å². The Hall–Kier alpha value is -1.85. The second kappa shape index (κ2) is 12.5. The van der Waals surface area contributed by atoms with Crippen molar-refractivity contribution in [3.8, 4) is 0 Å². The smallest absolute Gasteiger partial charge is 0.327 e. The van der Waals surface area contributed by atoms with Gasteiger partial charge < -0.3 is 32.5 Å². The van der Waals surface area contributed by atoms with Gasteiger partial charge in [0.25, 0.3) is 0 Å². The Labute approximate surface area is 158 Å². The summed E-state index contributed by atoms with van der Waals surface area (Å²) in [6.45, 7) is 3.35. The maximum Gasteiger partial charge on any atom is 0.327 e. The second-order valence-corrected chi connectivity index (χ2v) is 6.31. The Balaban J connectivity index is 4.84. The van der Waals surface area contributed by atoms with Crippen LogP contribution in [0.15, 0.2) is 0 Å². The summed E-state index contributed by atoms with van der Waals surface area (Å²) in [6, 6.07) is -3.81. The number of rotatable bonds is 12. The van der Waals surface area contributed by atoms with E-state index >= 15 is 0 Å². The molecule has 0 fully saturated rings. The Morgan fingerprint density at radius 2 is 1.54 bits per heavy atom. The average Bonchev–Trinajstić information content (AvgIpc) is 2.57. The van der Waals surface area contributed by atoms with Crippen LogP contribution in [-0.4, -0.2) is 65.3 Å². The topological polar surface area (TPSA) is 177 Å². The summed E-state index contributed by atoms with van der Waals surface area (Å²) in [6.07, 6.45) is 1.62. The number of nitrogens with one attached hydrogen (secondary N) is 3. The van der Waals surface area contributed by atoms with Crippen molar-refractivity contribution in [1.82, 2.24) is 16.0 Å². The predicted molar refractivity (Wildman–Crippen MR) is 99.5 cm³/mol. The van der Waals surface area contributed by atoms with Gasteiger partial charge in [0.1, 0.15) is 18.1 Å². The van der Waals surface area contributed by atoms with E-state index in [-0.39, 0.29) is 5.75 Å². The van der Waals surface area contributed by atoms with Gasteiger partial charge in [0, 0.05) is 5.75 Å². The van der Waals surface area contributed by atoms with Crippen molar-refractivity contribution in [1.29, 1.82) is 0 Å². The van der Waals surface area contributed by atoms with Crippen molar-refractivity contribution in [2.24, 2.45) is 11.5 Å². The number of hydrogen-bond acceptors (Lipinski definition) is 7. The molecule has 4 atom stereocenters. The quantitative estimate of drug-likeness (QED) is 0.148. The summed E-state index contributed by atoms with van der Waals surface area (Å²) in [5, 5.41) is 16.2. The van der Waals surface area contributed by atoms with Crippen molar-refractivity contribution in [3.63, 3.8) is 0 Å². The summed E-state index contributed by atoms with van der Waals surface area (Å²) in [4.78, 5) is 47.1. The second-order valence-electron chi connectivity index (χ2n) is 5.95. The Bertz CT molecular complexity index is 503. The fourth-order valence-corrected chi connectivity index (χ4v) is 2.17. The molecule has 4 unspecified atom stereocenters. The van der Waals surface area contributed by atoms with Gasteiger partial charge in [0.05, 0.1) is 6.04 Å². The van der Waals surface area contributed by atoms with E-state index in [9.17, 15) is 19.2 Å². The van der Waals surface area contributed by atoms with Gasteiger partial charge in [-0.25, -0.2) is 4.79 Å². The molecule has 0 aromatic heterocycles. The molecule has 0 aromatic carbocycles. The molecule has 0 saturated carbocycles. The van der Waals surface area contributed by atoms with E-state index in [1.807, 2.05) is 0 Å². The summed E-state index contributed by atoms with van der Waals surface area (Å²) in [7, 11) is 0. The zero-order valence-electron chi connectivity index (χ0n) is 15.0. The number of amides is 3. The highest BCUT2D eigenvalue weighted by Gasteiger charge is 2.27. The number of thiol groups is 1. The summed E-state index contributed by atoms with van der Waals surface area (Å²) in [5.41, 5.74) is 10.9. The summed E-state index contributed by atoms with van der Waals surface area (Å²) >= 11 is 3.85. The van der Waals surface area contributed by atoms with Crippen LogP contribution in [0, 0.1) is 0 Å². The fraction of sp³-hybridized carbons (Fsp3) is 0.733. The Kier molecular flexibility index (Phi) is 11.6. The normalized spacial score (nSPS) is 15.3. The molecule has 11 heteroatoms. The van der Waals surface area contributed by atoms with Gasteiger partial charge in [-0.1, -0.05) is 0 Å². The van der Waals surface area contributed by atoms with Crippen LogP contribution in [0.3, 0.4) is 0 Å². The molecule has 10 nitrogen and oxygen atoms in total. The van der Waals surface area contributed by atoms with Crippen molar-refractivity contribution in [2.75, 3.05) is 12.3 Å². The predicted octanol–water partition coefficient (Wildman–Crippen LogP) is -2.05. The molecule has 26 heavy (non-hydrogen) atoms. The number of hydrogen-bond donors (Lipinski definition) is 7. The highest BCUT2D eigenvalue weighted by atomic mass is 32.1. The van der Waals surface area contributed by atoms with Gasteiger partial charge in [0.2, 0.25) is 17.7 Å². The fourth-order valence-electron chi connectivity index (χ4n) is 1.93. The van der Waals surface area contributed by atoms with E-state index in [0.717, 1.165) is 0 Å². The molecule has 0 bridgehead atoms. The van der Waals surface area contributed by atoms with Gasteiger partial charge in [0.15, 0.2) is 0 Å². The lowest BCUT2D eigenvalue weighted by molar-refractivity contribution is -0.141. The molecule has 0 aromatic rings. The lowest BCUT2D eigenvalue weighted by Crippen LogP contribution is -2.56. The van der Waals surface area contributed by atoms with Crippen molar-refractivity contribution in [3.05, 3.63) is 0 Å². The molecule has 0 spiro atoms. The molecule has 0 radical (unpaired) electrons. The van der Waals surface area contributed by atoms with Crippen molar-refractivity contribution in [2.45, 2.75) is 57.3 Å². The van der Waals surface area contributed by atoms with Crippen LogP contribution >= 0.6 is 12.6 Å². The summed E-state index contributed by atoms with van der Waals surface area (Å²) < 4.78 is 0. The van der Waals surface area contributed by atoms with Crippen LogP contribution in [-0.2, 0) is 19.2 Å². The van der Waals surface area contributed by atoms with Gasteiger partial charge in [-0.3, -0.25) is 14.4 Å². The molecule has 150 valence electrons. The number of carbonyl (C=O) groups is 4. The van der Waals surface area contributed by atoms with Crippen LogP contribution < -0.4 is 27.4 Å².